The molecule has 4 rings (SSSR count). The first-order chi connectivity index (χ1) is 13.0. The predicted molar refractivity (Wildman–Crippen MR) is 98.5 cm³/mol. The van der Waals surface area contributed by atoms with E-state index in [-0.39, 0.29) is 17.7 Å². The third-order valence-electron chi connectivity index (χ3n) is 4.93. The number of halogens is 1. The van der Waals surface area contributed by atoms with Crippen LogP contribution >= 0.6 is 11.6 Å². The fraction of sp³-hybridized carbons (Fsp3) is 0.316. The van der Waals surface area contributed by atoms with Gasteiger partial charge in [-0.2, -0.15) is 5.10 Å². The molecule has 1 aliphatic rings. The SMILES string of the molecule is COC(=O)c1c(-c2ccccc2Cl)noc1-c1cnn(C2CC(O)C2)c1C. The molecular formula is C19H18ClN3O4. The predicted octanol–water partition coefficient (Wildman–Crippen LogP) is 3.65. The van der Waals surface area contributed by atoms with Gasteiger partial charge in [0, 0.05) is 11.3 Å². The zero-order valence-corrected chi connectivity index (χ0v) is 15.6. The molecule has 0 aliphatic heterocycles. The van der Waals surface area contributed by atoms with E-state index in [4.69, 9.17) is 20.9 Å². The summed E-state index contributed by atoms with van der Waals surface area (Å²) in [6, 6.07) is 7.23. The van der Waals surface area contributed by atoms with E-state index in [2.05, 4.69) is 10.3 Å². The normalized spacial score (nSPS) is 19.0. The monoisotopic (exact) mass is 387 g/mol. The third-order valence-corrected chi connectivity index (χ3v) is 5.26. The lowest BCUT2D eigenvalue weighted by Gasteiger charge is -2.32. The van der Waals surface area contributed by atoms with Gasteiger partial charge >= 0.3 is 5.97 Å². The maximum atomic E-state index is 12.5. The molecule has 2 aromatic heterocycles. The standard InChI is InChI=1S/C19H18ClN3O4/c1-10-14(9-21-23(10)11-7-12(24)8-11)18-16(19(25)26-2)17(22-27-18)13-5-3-4-6-15(13)20/h3-6,9,11-12,24H,7-8H2,1-2H3. The molecule has 7 nitrogen and oxygen atoms in total. The van der Waals surface area contributed by atoms with E-state index < -0.39 is 5.97 Å². The number of aliphatic hydroxyl groups excluding tert-OH is 1. The van der Waals surface area contributed by atoms with Crippen LogP contribution in [-0.4, -0.2) is 39.2 Å². The highest BCUT2D eigenvalue weighted by Crippen LogP contribution is 2.39. The van der Waals surface area contributed by atoms with Crippen LogP contribution in [0.15, 0.2) is 35.0 Å². The van der Waals surface area contributed by atoms with E-state index in [0.717, 1.165) is 5.69 Å². The topological polar surface area (TPSA) is 90.4 Å². The summed E-state index contributed by atoms with van der Waals surface area (Å²) in [5, 5.41) is 18.5. The molecule has 1 N–H and O–H groups in total. The Hall–Kier alpha value is -2.64. The Morgan fingerprint density at radius 3 is 2.74 bits per heavy atom. The quantitative estimate of drug-likeness (QED) is 0.687. The number of hydrogen-bond acceptors (Lipinski definition) is 6. The zero-order valence-electron chi connectivity index (χ0n) is 14.8. The van der Waals surface area contributed by atoms with Crippen molar-refractivity contribution in [1.82, 2.24) is 14.9 Å². The van der Waals surface area contributed by atoms with Gasteiger partial charge < -0.3 is 14.4 Å². The number of methoxy groups -OCH3 is 1. The van der Waals surface area contributed by atoms with Crippen LogP contribution in [0.4, 0.5) is 0 Å². The van der Waals surface area contributed by atoms with Gasteiger partial charge in [-0.25, -0.2) is 4.79 Å². The second-order valence-electron chi connectivity index (χ2n) is 6.57. The van der Waals surface area contributed by atoms with Crippen molar-refractivity contribution in [2.75, 3.05) is 7.11 Å². The number of nitrogens with zero attached hydrogens (tertiary/aromatic N) is 3. The molecule has 0 amide bonds. The summed E-state index contributed by atoms with van der Waals surface area (Å²) in [5.41, 5.74) is 2.61. The Bertz CT molecular complexity index is 1000. The molecule has 1 aliphatic carbocycles. The Morgan fingerprint density at radius 2 is 2.07 bits per heavy atom. The van der Waals surface area contributed by atoms with Crippen molar-refractivity contribution >= 4 is 17.6 Å². The van der Waals surface area contributed by atoms with Crippen molar-refractivity contribution in [3.63, 3.8) is 0 Å². The Labute approximate surface area is 160 Å². The van der Waals surface area contributed by atoms with Crippen LogP contribution in [0.25, 0.3) is 22.6 Å². The van der Waals surface area contributed by atoms with Crippen LogP contribution in [0.3, 0.4) is 0 Å². The highest BCUT2D eigenvalue weighted by molar-refractivity contribution is 6.33. The second-order valence-corrected chi connectivity index (χ2v) is 6.98. The molecule has 140 valence electrons. The molecule has 1 fully saturated rings. The van der Waals surface area contributed by atoms with E-state index in [0.29, 0.717) is 40.4 Å². The number of esters is 1. The molecule has 0 atom stereocenters. The van der Waals surface area contributed by atoms with Gasteiger partial charge in [0.25, 0.3) is 0 Å². The van der Waals surface area contributed by atoms with E-state index in [1.807, 2.05) is 17.7 Å². The fourth-order valence-corrected chi connectivity index (χ4v) is 3.60. The number of carbonyl (C=O) groups is 1. The van der Waals surface area contributed by atoms with Crippen molar-refractivity contribution in [3.05, 3.63) is 46.7 Å². The van der Waals surface area contributed by atoms with Crippen molar-refractivity contribution in [2.45, 2.75) is 31.9 Å². The first kappa shape index (κ1) is 17.8. The molecule has 0 bridgehead atoms. The van der Waals surface area contributed by atoms with Crippen LogP contribution in [0.5, 0.6) is 0 Å². The highest BCUT2D eigenvalue weighted by Gasteiger charge is 2.33. The Balaban J connectivity index is 1.83. The van der Waals surface area contributed by atoms with Crippen LogP contribution in [0, 0.1) is 6.92 Å². The molecular weight excluding hydrogens is 370 g/mol. The average molecular weight is 388 g/mol. The average Bonchev–Trinajstić information content (AvgIpc) is 3.22. The first-order valence-corrected chi connectivity index (χ1v) is 8.94. The van der Waals surface area contributed by atoms with Crippen molar-refractivity contribution in [3.8, 4) is 22.6 Å². The van der Waals surface area contributed by atoms with Gasteiger partial charge in [-0.1, -0.05) is 35.0 Å². The summed E-state index contributed by atoms with van der Waals surface area (Å²) >= 11 is 6.28. The minimum Gasteiger partial charge on any atom is -0.465 e. The summed E-state index contributed by atoms with van der Waals surface area (Å²) < 4.78 is 12.4. The minimum atomic E-state index is -0.563. The molecule has 0 radical (unpaired) electrons. The number of aromatic nitrogens is 3. The summed E-state index contributed by atoms with van der Waals surface area (Å²) in [6.07, 6.45) is 2.67. The van der Waals surface area contributed by atoms with Crippen LogP contribution in [-0.2, 0) is 4.74 Å². The maximum Gasteiger partial charge on any atom is 0.344 e. The van der Waals surface area contributed by atoms with Crippen molar-refractivity contribution in [2.24, 2.45) is 0 Å². The Morgan fingerprint density at radius 1 is 1.33 bits per heavy atom. The number of benzene rings is 1. The van der Waals surface area contributed by atoms with Gasteiger partial charge in [-0.15, -0.1) is 0 Å². The smallest absolute Gasteiger partial charge is 0.344 e. The second kappa shape index (κ2) is 6.83. The number of aliphatic hydroxyl groups is 1. The van der Waals surface area contributed by atoms with Crippen molar-refractivity contribution in [1.29, 1.82) is 0 Å². The van der Waals surface area contributed by atoms with E-state index in [1.165, 1.54) is 7.11 Å². The summed E-state index contributed by atoms with van der Waals surface area (Å²) in [5.74, 6) is -0.271. The zero-order chi connectivity index (χ0) is 19.1. The summed E-state index contributed by atoms with van der Waals surface area (Å²) in [7, 11) is 1.31. The van der Waals surface area contributed by atoms with E-state index in [9.17, 15) is 9.90 Å². The van der Waals surface area contributed by atoms with Gasteiger partial charge in [0.1, 0.15) is 11.3 Å². The van der Waals surface area contributed by atoms with E-state index >= 15 is 0 Å². The summed E-state index contributed by atoms with van der Waals surface area (Å²) in [6.45, 7) is 1.89. The van der Waals surface area contributed by atoms with Crippen LogP contribution in [0.1, 0.15) is 34.9 Å². The molecule has 27 heavy (non-hydrogen) atoms. The lowest BCUT2D eigenvalue weighted by molar-refractivity contribution is 0.0426. The van der Waals surface area contributed by atoms with E-state index in [1.54, 1.807) is 24.4 Å². The van der Waals surface area contributed by atoms with Gasteiger partial charge in [-0.05, 0) is 25.8 Å². The maximum absolute atomic E-state index is 12.5. The fourth-order valence-electron chi connectivity index (χ4n) is 3.38. The molecule has 1 saturated carbocycles. The molecule has 1 aromatic carbocycles. The molecule has 3 aromatic rings. The third kappa shape index (κ3) is 2.93. The minimum absolute atomic E-state index is 0.140. The lowest BCUT2D eigenvalue weighted by Crippen LogP contribution is -2.31. The highest BCUT2D eigenvalue weighted by atomic mass is 35.5. The number of carbonyl (C=O) groups excluding carboxylic acids is 1. The van der Waals surface area contributed by atoms with Gasteiger partial charge in [0.05, 0.1) is 36.0 Å². The number of ether oxygens (including phenoxy) is 1. The van der Waals surface area contributed by atoms with Crippen LogP contribution < -0.4 is 0 Å². The first-order valence-electron chi connectivity index (χ1n) is 8.56. The molecule has 0 unspecified atom stereocenters. The molecule has 2 heterocycles. The largest absolute Gasteiger partial charge is 0.465 e. The molecule has 0 saturated heterocycles. The number of rotatable bonds is 4. The van der Waals surface area contributed by atoms with Gasteiger partial charge in [-0.3, -0.25) is 4.68 Å². The number of hydrogen-bond donors (Lipinski definition) is 1. The van der Waals surface area contributed by atoms with Crippen LogP contribution in [0.2, 0.25) is 5.02 Å². The molecule has 8 heteroatoms. The van der Waals surface area contributed by atoms with Gasteiger partial charge in [0.15, 0.2) is 5.76 Å². The van der Waals surface area contributed by atoms with Gasteiger partial charge in [0.2, 0.25) is 0 Å². The molecule has 0 spiro atoms. The Kier molecular flexibility index (Phi) is 4.49. The van der Waals surface area contributed by atoms with Crippen molar-refractivity contribution < 1.29 is 19.2 Å². The lowest BCUT2D eigenvalue weighted by atomic mass is 9.89. The summed E-state index contributed by atoms with van der Waals surface area (Å²) in [4.78, 5) is 12.5.